The van der Waals surface area contributed by atoms with Gasteiger partial charge in [-0.25, -0.2) is 0 Å². The molecule has 114 valence electrons. The Morgan fingerprint density at radius 2 is 1.37 bits per heavy atom. The van der Waals surface area contributed by atoms with Crippen molar-refractivity contribution in [3.8, 4) is 0 Å². The maximum Gasteiger partial charge on any atom is 0.309 e. The zero-order chi connectivity index (χ0) is 15.6. The third kappa shape index (κ3) is 6.61. The smallest absolute Gasteiger partial charge is 0.309 e. The lowest BCUT2D eigenvalue weighted by Gasteiger charge is -2.47. The standard InChI is InChI=1S/C12H31NO2SSi3/c1-17(2,3)13(18(4,5)6)11(10-16)12(14)15-19(7,8)9/h11,16H,10H2,1-9H3/t11-/m0/s1. The first-order chi connectivity index (χ1) is 8.20. The monoisotopic (exact) mass is 337 g/mol. The number of thiol groups is 1. The molecule has 0 N–H and O–H groups in total. The molecule has 0 saturated carbocycles. The van der Waals surface area contributed by atoms with E-state index in [4.69, 9.17) is 4.43 Å². The largest absolute Gasteiger partial charge is 0.519 e. The molecule has 0 aromatic rings. The predicted molar refractivity (Wildman–Crippen MR) is 95.6 cm³/mol. The first-order valence-corrected chi connectivity index (χ1v) is 17.8. The summed E-state index contributed by atoms with van der Waals surface area (Å²) in [5.41, 5.74) is 0. The van der Waals surface area contributed by atoms with Gasteiger partial charge in [-0.2, -0.15) is 12.6 Å². The van der Waals surface area contributed by atoms with E-state index >= 15 is 0 Å². The molecule has 0 saturated heterocycles. The van der Waals surface area contributed by atoms with Gasteiger partial charge in [-0.05, 0) is 19.6 Å². The second kappa shape index (κ2) is 6.46. The summed E-state index contributed by atoms with van der Waals surface area (Å²) in [5, 5.41) is 0. The van der Waals surface area contributed by atoms with Crippen molar-refractivity contribution in [1.29, 1.82) is 0 Å². The minimum Gasteiger partial charge on any atom is -0.519 e. The van der Waals surface area contributed by atoms with Crippen LogP contribution in [-0.2, 0) is 9.22 Å². The van der Waals surface area contributed by atoms with E-state index in [0.717, 1.165) is 0 Å². The van der Waals surface area contributed by atoms with E-state index in [1.165, 1.54) is 0 Å². The van der Waals surface area contributed by atoms with Crippen LogP contribution < -0.4 is 0 Å². The second-order valence-corrected chi connectivity index (χ2v) is 22.8. The molecule has 19 heavy (non-hydrogen) atoms. The Balaban J connectivity index is 5.34. The van der Waals surface area contributed by atoms with Crippen molar-refractivity contribution in [3.63, 3.8) is 0 Å². The summed E-state index contributed by atoms with van der Waals surface area (Å²) in [6, 6.07) is -0.187. The van der Waals surface area contributed by atoms with Crippen molar-refractivity contribution >= 4 is 43.4 Å². The van der Waals surface area contributed by atoms with Gasteiger partial charge in [0.15, 0.2) is 0 Å². The van der Waals surface area contributed by atoms with Crippen LogP contribution in [0.25, 0.3) is 0 Å². The highest BCUT2D eigenvalue weighted by molar-refractivity contribution is 7.80. The molecule has 0 radical (unpaired) electrons. The zero-order valence-electron chi connectivity index (χ0n) is 14.0. The SMILES string of the molecule is C[Si](C)(C)OC(=O)[C@H](CS)N([Si](C)(C)C)[Si](C)(C)C. The van der Waals surface area contributed by atoms with Gasteiger partial charge in [-0.1, -0.05) is 39.3 Å². The van der Waals surface area contributed by atoms with E-state index in [2.05, 4.69) is 56.1 Å². The highest BCUT2D eigenvalue weighted by Gasteiger charge is 2.43. The minimum absolute atomic E-state index is 0.0704. The first kappa shape index (κ1) is 19.4. The summed E-state index contributed by atoms with van der Waals surface area (Å²) in [7, 11) is -5.01. The number of nitrogens with zero attached hydrogens (tertiary/aromatic N) is 1. The van der Waals surface area contributed by atoms with Gasteiger partial charge in [0.1, 0.15) is 22.5 Å². The summed E-state index contributed by atoms with van der Waals surface area (Å²) >= 11 is 4.43. The normalized spacial score (nSPS) is 15.5. The zero-order valence-corrected chi connectivity index (χ0v) is 17.9. The fraction of sp³-hybridized carbons (Fsp3) is 0.917. The molecular formula is C12H31NO2SSi3. The van der Waals surface area contributed by atoms with Crippen molar-refractivity contribution < 1.29 is 9.22 Å². The van der Waals surface area contributed by atoms with Crippen LogP contribution in [0.15, 0.2) is 0 Å². The average Bonchev–Trinajstić information content (AvgIpc) is 2.05. The lowest BCUT2D eigenvalue weighted by atomic mass is 10.4. The van der Waals surface area contributed by atoms with Crippen LogP contribution in [0.3, 0.4) is 0 Å². The second-order valence-electron chi connectivity index (χ2n) is 7.94. The van der Waals surface area contributed by atoms with Crippen LogP contribution in [0.2, 0.25) is 58.9 Å². The van der Waals surface area contributed by atoms with Crippen LogP contribution >= 0.6 is 12.6 Å². The van der Waals surface area contributed by atoms with Crippen molar-refractivity contribution in [2.24, 2.45) is 0 Å². The topological polar surface area (TPSA) is 29.5 Å². The highest BCUT2D eigenvalue weighted by atomic mass is 32.1. The Hall–Kier alpha value is 0.431. The quantitative estimate of drug-likeness (QED) is 0.593. The fourth-order valence-corrected chi connectivity index (χ4v) is 14.2. The molecular weight excluding hydrogens is 306 g/mol. The molecule has 0 unspecified atom stereocenters. The van der Waals surface area contributed by atoms with E-state index in [9.17, 15) is 4.79 Å². The van der Waals surface area contributed by atoms with Gasteiger partial charge in [0.05, 0.1) is 0 Å². The molecule has 0 aliphatic rings. The maximum absolute atomic E-state index is 12.5. The Labute approximate surface area is 127 Å². The van der Waals surface area contributed by atoms with E-state index in [1.807, 2.05) is 19.6 Å². The van der Waals surface area contributed by atoms with Gasteiger partial charge < -0.3 is 8.66 Å². The number of rotatable bonds is 6. The molecule has 0 fully saturated rings. The Morgan fingerprint density at radius 3 is 1.58 bits per heavy atom. The van der Waals surface area contributed by atoms with Crippen molar-refractivity contribution in [2.75, 3.05) is 5.75 Å². The molecule has 0 bridgehead atoms. The molecule has 0 aromatic carbocycles. The van der Waals surface area contributed by atoms with Crippen LogP contribution in [0.1, 0.15) is 0 Å². The first-order valence-electron chi connectivity index (χ1n) is 6.83. The van der Waals surface area contributed by atoms with E-state index in [-0.39, 0.29) is 12.0 Å². The summed E-state index contributed by atoms with van der Waals surface area (Å²) in [5.74, 6) is 0.469. The van der Waals surface area contributed by atoms with Gasteiger partial charge in [-0.15, -0.1) is 0 Å². The van der Waals surface area contributed by atoms with E-state index in [0.29, 0.717) is 5.75 Å². The Morgan fingerprint density at radius 1 is 1.00 bits per heavy atom. The van der Waals surface area contributed by atoms with Crippen LogP contribution in [-0.4, -0.2) is 46.8 Å². The molecule has 3 nitrogen and oxygen atoms in total. The molecule has 0 heterocycles. The molecule has 1 atom stereocenters. The minimum atomic E-state index is -1.84. The lowest BCUT2D eigenvalue weighted by molar-refractivity contribution is -0.138. The maximum atomic E-state index is 12.5. The lowest BCUT2D eigenvalue weighted by Crippen LogP contribution is -2.66. The van der Waals surface area contributed by atoms with Crippen LogP contribution in [0, 0.1) is 0 Å². The molecule has 7 heteroatoms. The molecule has 0 aromatic heterocycles. The summed E-state index contributed by atoms with van der Waals surface area (Å²) in [6.45, 7) is 19.9. The predicted octanol–water partition coefficient (Wildman–Crippen LogP) is 3.63. The van der Waals surface area contributed by atoms with Crippen molar-refractivity contribution in [3.05, 3.63) is 0 Å². The van der Waals surface area contributed by atoms with E-state index in [1.54, 1.807) is 0 Å². The van der Waals surface area contributed by atoms with Gasteiger partial charge in [-0.3, -0.25) is 4.79 Å². The fourth-order valence-electron chi connectivity index (χ4n) is 2.57. The van der Waals surface area contributed by atoms with Gasteiger partial charge in [0, 0.05) is 5.75 Å². The Kier molecular flexibility index (Phi) is 6.61. The summed E-state index contributed by atoms with van der Waals surface area (Å²) in [4.78, 5) is 12.5. The van der Waals surface area contributed by atoms with Crippen molar-refractivity contribution in [1.82, 2.24) is 4.23 Å². The summed E-state index contributed by atoms with van der Waals surface area (Å²) in [6.07, 6.45) is 0. The van der Waals surface area contributed by atoms with E-state index < -0.39 is 24.8 Å². The van der Waals surface area contributed by atoms with Crippen LogP contribution in [0.5, 0.6) is 0 Å². The average molecular weight is 338 g/mol. The van der Waals surface area contributed by atoms with Gasteiger partial charge >= 0.3 is 5.97 Å². The number of carbonyl (C=O) groups excluding carboxylic acids is 1. The molecule has 0 rings (SSSR count). The van der Waals surface area contributed by atoms with Gasteiger partial charge in [0.25, 0.3) is 0 Å². The Bertz CT molecular complexity index is 304. The van der Waals surface area contributed by atoms with Crippen molar-refractivity contribution in [2.45, 2.75) is 65.0 Å². The highest BCUT2D eigenvalue weighted by Crippen LogP contribution is 2.25. The van der Waals surface area contributed by atoms with Crippen LogP contribution in [0.4, 0.5) is 0 Å². The number of hydrogen-bond donors (Lipinski definition) is 1. The molecule has 0 aliphatic carbocycles. The number of hydrogen-bond acceptors (Lipinski definition) is 4. The molecule has 0 aliphatic heterocycles. The third-order valence-electron chi connectivity index (χ3n) is 2.61. The number of carbonyl (C=O) groups is 1. The molecule has 0 amide bonds. The summed E-state index contributed by atoms with van der Waals surface area (Å²) < 4.78 is 8.20. The third-order valence-corrected chi connectivity index (χ3v) is 11.3. The van der Waals surface area contributed by atoms with Gasteiger partial charge in [0.2, 0.25) is 8.32 Å². The molecule has 0 spiro atoms.